The van der Waals surface area contributed by atoms with Crippen molar-refractivity contribution in [2.45, 2.75) is 38.1 Å². The van der Waals surface area contributed by atoms with Gasteiger partial charge in [0.1, 0.15) is 5.75 Å². The minimum atomic E-state index is -3.61. The Hall–Kier alpha value is -2.01. The van der Waals surface area contributed by atoms with Gasteiger partial charge in [-0.3, -0.25) is 4.31 Å². The number of sulfonamides is 1. The van der Waals surface area contributed by atoms with Crippen molar-refractivity contribution in [2.24, 2.45) is 0 Å². The van der Waals surface area contributed by atoms with Crippen LogP contribution in [0.15, 0.2) is 41.3 Å². The lowest BCUT2D eigenvalue weighted by Crippen LogP contribution is -2.36. The van der Waals surface area contributed by atoms with Crippen LogP contribution in [0.5, 0.6) is 5.75 Å². The molecule has 0 radical (unpaired) electrons. The van der Waals surface area contributed by atoms with Gasteiger partial charge in [0.25, 0.3) is 10.0 Å². The number of nitrogens with zero attached hydrogens (tertiary/aromatic N) is 1. The summed E-state index contributed by atoms with van der Waals surface area (Å²) in [6, 6.07) is 11.2. The molecule has 3 rings (SSSR count). The van der Waals surface area contributed by atoms with Gasteiger partial charge in [-0.05, 0) is 62.1 Å². The summed E-state index contributed by atoms with van der Waals surface area (Å²) >= 11 is 0. The molecule has 0 unspecified atom stereocenters. The molecule has 0 amide bonds. The summed E-state index contributed by atoms with van der Waals surface area (Å²) in [6.07, 6.45) is 0.740. The first-order valence-corrected chi connectivity index (χ1v) is 9.08. The lowest BCUT2D eigenvalue weighted by molar-refractivity contribution is 0.413. The van der Waals surface area contributed by atoms with E-state index < -0.39 is 10.0 Å². The van der Waals surface area contributed by atoms with Gasteiger partial charge in [-0.15, -0.1) is 0 Å². The SMILES string of the molecule is COc1cc(C)c(S(=O)(=O)N2c3ccccc3C[C@@H]2C)c(C)c1. The highest BCUT2D eigenvalue weighted by atomic mass is 32.2. The summed E-state index contributed by atoms with van der Waals surface area (Å²) in [6.45, 7) is 5.58. The van der Waals surface area contributed by atoms with Crippen LogP contribution in [0.2, 0.25) is 0 Å². The van der Waals surface area contributed by atoms with Gasteiger partial charge in [0.05, 0.1) is 17.7 Å². The smallest absolute Gasteiger partial charge is 0.265 e. The number of ether oxygens (including phenoxy) is 1. The third kappa shape index (κ3) is 2.49. The number of hydrogen-bond donors (Lipinski definition) is 0. The standard InChI is InChI=1S/C18H21NO3S/c1-12-9-16(22-4)10-13(2)18(12)23(20,21)19-14(3)11-15-7-5-6-8-17(15)19/h5-10,14H,11H2,1-4H3/t14-/m0/s1. The number of benzene rings is 2. The van der Waals surface area contributed by atoms with Crippen molar-refractivity contribution < 1.29 is 13.2 Å². The molecule has 1 aliphatic heterocycles. The average Bonchev–Trinajstić information content (AvgIpc) is 2.82. The van der Waals surface area contributed by atoms with Crippen LogP contribution in [-0.4, -0.2) is 21.6 Å². The largest absolute Gasteiger partial charge is 0.497 e. The Labute approximate surface area is 137 Å². The Bertz CT molecular complexity index is 835. The molecule has 0 saturated carbocycles. The molecule has 0 fully saturated rings. The highest BCUT2D eigenvalue weighted by molar-refractivity contribution is 7.93. The first-order chi connectivity index (χ1) is 10.9. The van der Waals surface area contributed by atoms with E-state index in [0.29, 0.717) is 21.8 Å². The highest BCUT2D eigenvalue weighted by Crippen LogP contribution is 2.38. The highest BCUT2D eigenvalue weighted by Gasteiger charge is 2.37. The molecule has 0 aliphatic carbocycles. The number of methoxy groups -OCH3 is 1. The predicted octanol–water partition coefficient (Wildman–Crippen LogP) is 3.45. The van der Waals surface area contributed by atoms with Crippen LogP contribution in [0.1, 0.15) is 23.6 Å². The van der Waals surface area contributed by atoms with E-state index in [1.807, 2.05) is 45.0 Å². The fourth-order valence-corrected chi connectivity index (χ4v) is 5.55. The number of hydrogen-bond acceptors (Lipinski definition) is 3. The van der Waals surface area contributed by atoms with Gasteiger partial charge in [-0.25, -0.2) is 8.42 Å². The van der Waals surface area contributed by atoms with E-state index >= 15 is 0 Å². The van der Waals surface area contributed by atoms with Crippen molar-refractivity contribution in [1.29, 1.82) is 0 Å². The number of para-hydroxylation sites is 1. The van der Waals surface area contributed by atoms with E-state index in [0.717, 1.165) is 17.7 Å². The fraction of sp³-hybridized carbons (Fsp3) is 0.333. The lowest BCUT2D eigenvalue weighted by Gasteiger charge is -2.26. The number of fused-ring (bicyclic) bond motifs is 1. The summed E-state index contributed by atoms with van der Waals surface area (Å²) in [5.41, 5.74) is 3.28. The van der Waals surface area contributed by atoms with Crippen LogP contribution in [0, 0.1) is 13.8 Å². The maximum absolute atomic E-state index is 13.3. The third-order valence-corrected chi connectivity index (χ3v) is 6.57. The van der Waals surface area contributed by atoms with Crippen molar-refractivity contribution in [3.8, 4) is 5.75 Å². The van der Waals surface area contributed by atoms with E-state index in [2.05, 4.69) is 0 Å². The van der Waals surface area contributed by atoms with Crippen LogP contribution < -0.4 is 9.04 Å². The maximum atomic E-state index is 13.3. The summed E-state index contributed by atoms with van der Waals surface area (Å²) < 4.78 is 33.5. The topological polar surface area (TPSA) is 46.6 Å². The molecule has 1 aliphatic rings. The molecule has 0 N–H and O–H groups in total. The molecule has 0 saturated heterocycles. The molecule has 1 heterocycles. The van der Waals surface area contributed by atoms with Gasteiger partial charge in [-0.1, -0.05) is 18.2 Å². The molecule has 1 atom stereocenters. The second-order valence-electron chi connectivity index (χ2n) is 6.07. The fourth-order valence-electron chi connectivity index (χ4n) is 3.44. The molecular formula is C18H21NO3S. The maximum Gasteiger partial charge on any atom is 0.265 e. The van der Waals surface area contributed by atoms with Gasteiger partial charge in [0.15, 0.2) is 0 Å². The molecule has 5 heteroatoms. The quantitative estimate of drug-likeness (QED) is 0.865. The normalized spacial score (nSPS) is 17.2. The van der Waals surface area contributed by atoms with E-state index in [9.17, 15) is 8.42 Å². The van der Waals surface area contributed by atoms with E-state index in [1.54, 1.807) is 23.5 Å². The zero-order chi connectivity index (χ0) is 16.8. The lowest BCUT2D eigenvalue weighted by atomic mass is 10.1. The third-order valence-electron chi connectivity index (χ3n) is 4.33. The van der Waals surface area contributed by atoms with Crippen LogP contribution in [-0.2, 0) is 16.4 Å². The van der Waals surface area contributed by atoms with Crippen molar-refractivity contribution in [3.05, 3.63) is 53.1 Å². The average molecular weight is 331 g/mol. The summed E-state index contributed by atoms with van der Waals surface area (Å²) in [4.78, 5) is 0.377. The van der Waals surface area contributed by atoms with Gasteiger partial charge in [0.2, 0.25) is 0 Å². The molecule has 4 nitrogen and oxygen atoms in total. The van der Waals surface area contributed by atoms with Crippen molar-refractivity contribution >= 4 is 15.7 Å². The number of aryl methyl sites for hydroxylation is 2. The van der Waals surface area contributed by atoms with Gasteiger partial charge < -0.3 is 4.74 Å². The molecule has 23 heavy (non-hydrogen) atoms. The van der Waals surface area contributed by atoms with Crippen LogP contribution >= 0.6 is 0 Å². The Morgan fingerprint density at radius 3 is 2.35 bits per heavy atom. The first kappa shape index (κ1) is 15.9. The Morgan fingerprint density at radius 1 is 1.13 bits per heavy atom. The minimum Gasteiger partial charge on any atom is -0.497 e. The van der Waals surface area contributed by atoms with Crippen LogP contribution in [0.25, 0.3) is 0 Å². The molecule has 2 aromatic rings. The predicted molar refractivity (Wildman–Crippen MR) is 91.7 cm³/mol. The van der Waals surface area contributed by atoms with Crippen molar-refractivity contribution in [3.63, 3.8) is 0 Å². The second-order valence-corrected chi connectivity index (χ2v) is 7.82. The van der Waals surface area contributed by atoms with Crippen LogP contribution in [0.4, 0.5) is 5.69 Å². The molecule has 0 spiro atoms. The number of anilines is 1. The molecule has 122 valence electrons. The van der Waals surface area contributed by atoms with Crippen molar-refractivity contribution in [1.82, 2.24) is 0 Å². The number of rotatable bonds is 3. The Kier molecular flexibility index (Phi) is 3.84. The minimum absolute atomic E-state index is 0.0849. The zero-order valence-corrected chi connectivity index (χ0v) is 14.6. The Balaban J connectivity index is 2.17. The molecular weight excluding hydrogens is 310 g/mol. The summed E-state index contributed by atoms with van der Waals surface area (Å²) in [5.74, 6) is 0.675. The monoisotopic (exact) mass is 331 g/mol. The van der Waals surface area contributed by atoms with E-state index in [1.165, 1.54) is 0 Å². The van der Waals surface area contributed by atoms with Crippen LogP contribution in [0.3, 0.4) is 0 Å². The van der Waals surface area contributed by atoms with E-state index in [-0.39, 0.29) is 6.04 Å². The zero-order valence-electron chi connectivity index (χ0n) is 13.8. The summed E-state index contributed by atoms with van der Waals surface area (Å²) in [5, 5.41) is 0. The summed E-state index contributed by atoms with van der Waals surface area (Å²) in [7, 11) is -2.03. The molecule has 0 aromatic heterocycles. The van der Waals surface area contributed by atoms with Gasteiger partial charge in [-0.2, -0.15) is 0 Å². The Morgan fingerprint density at radius 2 is 1.74 bits per heavy atom. The van der Waals surface area contributed by atoms with E-state index in [4.69, 9.17) is 4.74 Å². The first-order valence-electron chi connectivity index (χ1n) is 7.64. The second kappa shape index (κ2) is 5.57. The van der Waals surface area contributed by atoms with Crippen molar-refractivity contribution in [2.75, 3.05) is 11.4 Å². The molecule has 2 aromatic carbocycles. The molecule has 0 bridgehead atoms. The van der Waals surface area contributed by atoms with Gasteiger partial charge >= 0.3 is 0 Å². The van der Waals surface area contributed by atoms with Gasteiger partial charge in [0, 0.05) is 6.04 Å².